The van der Waals surface area contributed by atoms with Crippen molar-refractivity contribution in [2.24, 2.45) is 0 Å². The Morgan fingerprint density at radius 3 is 2.57 bits per heavy atom. The summed E-state index contributed by atoms with van der Waals surface area (Å²) in [7, 11) is 3.22. The molecule has 1 aromatic carbocycles. The molecule has 0 radical (unpaired) electrons. The number of carbonyl (C=O) groups excluding carboxylic acids is 1. The normalized spacial score (nSPS) is 10.2. The van der Waals surface area contributed by atoms with Crippen molar-refractivity contribution in [2.75, 3.05) is 20.8 Å². The zero-order valence-corrected chi connectivity index (χ0v) is 14.2. The van der Waals surface area contributed by atoms with Gasteiger partial charge in [0, 0.05) is 6.54 Å². The number of hydrogen-bond donors (Lipinski definition) is 1. The summed E-state index contributed by atoms with van der Waals surface area (Å²) >= 11 is 4.77. The van der Waals surface area contributed by atoms with Gasteiger partial charge in [-0.25, -0.2) is 0 Å². The minimum Gasteiger partial charge on any atom is -0.493 e. The van der Waals surface area contributed by atoms with Gasteiger partial charge in [-0.1, -0.05) is 6.07 Å². The molecule has 1 N–H and O–H groups in total. The molecule has 2 aromatic rings. The minimum atomic E-state index is -0.0498. The van der Waals surface area contributed by atoms with Gasteiger partial charge in [0.25, 0.3) is 5.91 Å². The quantitative estimate of drug-likeness (QED) is 0.847. The van der Waals surface area contributed by atoms with Crippen LogP contribution in [0, 0.1) is 0 Å². The third-order valence-electron chi connectivity index (χ3n) is 2.94. The molecule has 0 unspecified atom stereocenters. The lowest BCUT2D eigenvalue weighted by molar-refractivity contribution is 0.0958. The van der Waals surface area contributed by atoms with Crippen LogP contribution in [0.2, 0.25) is 0 Å². The van der Waals surface area contributed by atoms with E-state index >= 15 is 0 Å². The molecular weight excluding hydrogens is 354 g/mol. The molecule has 0 fully saturated rings. The Morgan fingerprint density at radius 1 is 1.19 bits per heavy atom. The smallest absolute Gasteiger partial charge is 0.261 e. The third kappa shape index (κ3) is 4.22. The van der Waals surface area contributed by atoms with Crippen LogP contribution in [0.25, 0.3) is 0 Å². The number of amides is 1. The lowest BCUT2D eigenvalue weighted by Crippen LogP contribution is -2.24. The Bertz CT molecular complexity index is 627. The Morgan fingerprint density at radius 2 is 1.95 bits per heavy atom. The summed E-state index contributed by atoms with van der Waals surface area (Å²) in [6.45, 7) is 0.573. The Balaban J connectivity index is 1.90. The summed E-state index contributed by atoms with van der Waals surface area (Å²) < 4.78 is 11.4. The van der Waals surface area contributed by atoms with E-state index in [4.69, 9.17) is 9.47 Å². The van der Waals surface area contributed by atoms with Crippen molar-refractivity contribution < 1.29 is 14.3 Å². The molecule has 0 bridgehead atoms. The number of methoxy groups -OCH3 is 2. The molecule has 0 saturated carbocycles. The Labute approximate surface area is 136 Å². The first-order valence-electron chi connectivity index (χ1n) is 6.38. The van der Waals surface area contributed by atoms with E-state index in [1.807, 2.05) is 24.3 Å². The monoisotopic (exact) mass is 369 g/mol. The molecule has 0 saturated heterocycles. The van der Waals surface area contributed by atoms with E-state index in [1.165, 1.54) is 11.3 Å². The number of nitrogens with one attached hydrogen (secondary N) is 1. The van der Waals surface area contributed by atoms with Crippen molar-refractivity contribution in [3.8, 4) is 11.5 Å². The van der Waals surface area contributed by atoms with Crippen LogP contribution in [0.15, 0.2) is 34.1 Å². The van der Waals surface area contributed by atoms with E-state index in [1.54, 1.807) is 20.3 Å². The van der Waals surface area contributed by atoms with Crippen molar-refractivity contribution >= 4 is 33.2 Å². The molecule has 0 aliphatic carbocycles. The second-order valence-electron chi connectivity index (χ2n) is 4.30. The first-order valence-corrected chi connectivity index (χ1v) is 7.99. The van der Waals surface area contributed by atoms with E-state index < -0.39 is 0 Å². The predicted octanol–water partition coefficient (Wildman–Crippen LogP) is 3.50. The van der Waals surface area contributed by atoms with Crippen molar-refractivity contribution in [3.05, 3.63) is 44.6 Å². The Kier molecular flexibility index (Phi) is 5.64. The SMILES string of the molecule is COc1ccc(CCNC(=O)c2ccc(Br)s2)cc1OC. The molecule has 0 aliphatic rings. The van der Waals surface area contributed by atoms with Crippen LogP contribution in [0.3, 0.4) is 0 Å². The molecule has 21 heavy (non-hydrogen) atoms. The summed E-state index contributed by atoms with van der Waals surface area (Å²) in [5.74, 6) is 1.35. The zero-order chi connectivity index (χ0) is 15.2. The fourth-order valence-corrected chi connectivity index (χ4v) is 3.18. The summed E-state index contributed by atoms with van der Waals surface area (Å²) in [6, 6.07) is 9.43. The number of rotatable bonds is 6. The molecule has 1 heterocycles. The second-order valence-corrected chi connectivity index (χ2v) is 6.76. The maximum atomic E-state index is 11.9. The largest absolute Gasteiger partial charge is 0.493 e. The minimum absolute atomic E-state index is 0.0498. The second kappa shape index (κ2) is 7.47. The average molecular weight is 370 g/mol. The molecule has 0 aliphatic heterocycles. The zero-order valence-electron chi connectivity index (χ0n) is 11.8. The molecular formula is C15H16BrNO3S. The topological polar surface area (TPSA) is 47.6 Å². The highest BCUT2D eigenvalue weighted by Gasteiger charge is 2.08. The lowest BCUT2D eigenvalue weighted by Gasteiger charge is -2.10. The molecule has 2 rings (SSSR count). The van der Waals surface area contributed by atoms with Crippen LogP contribution in [0.5, 0.6) is 11.5 Å². The molecule has 1 amide bonds. The molecule has 0 spiro atoms. The van der Waals surface area contributed by atoms with E-state index in [0.717, 1.165) is 15.8 Å². The van der Waals surface area contributed by atoms with Gasteiger partial charge in [0.05, 0.1) is 22.9 Å². The predicted molar refractivity (Wildman–Crippen MR) is 87.6 cm³/mol. The van der Waals surface area contributed by atoms with Gasteiger partial charge in [-0.05, 0) is 52.2 Å². The number of halogens is 1. The maximum Gasteiger partial charge on any atom is 0.261 e. The van der Waals surface area contributed by atoms with E-state index in [-0.39, 0.29) is 5.91 Å². The van der Waals surface area contributed by atoms with Crippen LogP contribution >= 0.6 is 27.3 Å². The van der Waals surface area contributed by atoms with E-state index in [0.29, 0.717) is 22.9 Å². The molecule has 112 valence electrons. The Hall–Kier alpha value is -1.53. The number of ether oxygens (including phenoxy) is 2. The highest BCUT2D eigenvalue weighted by Crippen LogP contribution is 2.27. The van der Waals surface area contributed by atoms with Crippen LogP contribution in [0.1, 0.15) is 15.2 Å². The van der Waals surface area contributed by atoms with Crippen molar-refractivity contribution in [1.82, 2.24) is 5.32 Å². The van der Waals surface area contributed by atoms with Gasteiger partial charge in [0.15, 0.2) is 11.5 Å². The van der Waals surface area contributed by atoms with Crippen molar-refractivity contribution in [2.45, 2.75) is 6.42 Å². The number of carbonyl (C=O) groups is 1. The van der Waals surface area contributed by atoms with Crippen LogP contribution in [-0.4, -0.2) is 26.7 Å². The molecule has 4 nitrogen and oxygen atoms in total. The van der Waals surface area contributed by atoms with Gasteiger partial charge in [-0.2, -0.15) is 0 Å². The average Bonchev–Trinajstić information content (AvgIpc) is 2.93. The summed E-state index contributed by atoms with van der Waals surface area (Å²) in [6.07, 6.45) is 0.735. The van der Waals surface area contributed by atoms with Crippen molar-refractivity contribution in [1.29, 1.82) is 0 Å². The first kappa shape index (κ1) is 15.9. The summed E-state index contributed by atoms with van der Waals surface area (Å²) in [4.78, 5) is 12.6. The first-order chi connectivity index (χ1) is 10.1. The van der Waals surface area contributed by atoms with Crippen LogP contribution < -0.4 is 14.8 Å². The van der Waals surface area contributed by atoms with Gasteiger partial charge in [0.1, 0.15) is 0 Å². The van der Waals surface area contributed by atoms with Gasteiger partial charge in [0.2, 0.25) is 0 Å². The van der Waals surface area contributed by atoms with Crippen LogP contribution in [-0.2, 0) is 6.42 Å². The summed E-state index contributed by atoms with van der Waals surface area (Å²) in [5, 5.41) is 2.91. The number of thiophene rings is 1. The van der Waals surface area contributed by atoms with Gasteiger partial charge < -0.3 is 14.8 Å². The van der Waals surface area contributed by atoms with E-state index in [9.17, 15) is 4.79 Å². The van der Waals surface area contributed by atoms with E-state index in [2.05, 4.69) is 21.2 Å². The van der Waals surface area contributed by atoms with Crippen molar-refractivity contribution in [3.63, 3.8) is 0 Å². The highest BCUT2D eigenvalue weighted by atomic mass is 79.9. The number of hydrogen-bond acceptors (Lipinski definition) is 4. The third-order valence-corrected chi connectivity index (χ3v) is 4.57. The van der Waals surface area contributed by atoms with Gasteiger partial charge in [-0.15, -0.1) is 11.3 Å². The fourth-order valence-electron chi connectivity index (χ4n) is 1.88. The standard InChI is InChI=1S/C15H16BrNO3S/c1-19-11-4-3-10(9-12(11)20-2)7-8-17-15(18)13-5-6-14(16)21-13/h3-6,9H,7-8H2,1-2H3,(H,17,18). The molecule has 1 aromatic heterocycles. The lowest BCUT2D eigenvalue weighted by atomic mass is 10.1. The van der Waals surface area contributed by atoms with Crippen LogP contribution in [0.4, 0.5) is 0 Å². The maximum absolute atomic E-state index is 11.9. The fraction of sp³-hybridized carbons (Fsp3) is 0.267. The summed E-state index contributed by atoms with van der Waals surface area (Å²) in [5.41, 5.74) is 1.08. The highest BCUT2D eigenvalue weighted by molar-refractivity contribution is 9.11. The van der Waals surface area contributed by atoms with Gasteiger partial charge >= 0.3 is 0 Å². The number of benzene rings is 1. The molecule has 6 heteroatoms. The van der Waals surface area contributed by atoms with Gasteiger partial charge in [-0.3, -0.25) is 4.79 Å². The molecule has 0 atom stereocenters.